The number of aromatic hydroxyl groups is 1. The Morgan fingerprint density at radius 3 is 2.19 bits per heavy atom. The number of carboxylic acids is 1. The van der Waals surface area contributed by atoms with Crippen LogP contribution < -0.4 is 19.3 Å². The standard InChI is InChI=1S/C25H27NO4.C2HF3O2/c1-14-9-17-7-8-20(25(27)24(17)21(10-14)29-5)26-15(2)11-18-12-19(28-4)13-22(30-6)23(18)16(26)3;3-2(4,5)1(6)7/h7-10,12-13,15H,11H2,1-6H3;(H,6,7)/t15-;/m0./s1. The number of phenolic OH excluding ortho intramolecular Hbond substituents is 1. The Hall–Kier alpha value is -3.95. The van der Waals surface area contributed by atoms with E-state index in [1.807, 2.05) is 31.2 Å². The van der Waals surface area contributed by atoms with Crippen molar-refractivity contribution in [2.45, 2.75) is 39.4 Å². The summed E-state index contributed by atoms with van der Waals surface area (Å²) in [5.74, 6) is -0.548. The Morgan fingerprint density at radius 1 is 1.03 bits per heavy atom. The molecular formula is C27H28F3NO6. The number of ether oxygens (including phenoxy) is 3. The zero-order valence-corrected chi connectivity index (χ0v) is 21.3. The zero-order valence-electron chi connectivity index (χ0n) is 21.3. The number of halogens is 3. The zero-order chi connectivity index (χ0) is 27.7. The Balaban J connectivity index is 0.000000479. The number of carbonyl (C=O) groups excluding carboxylic acids is 1. The molecule has 4 rings (SSSR count). The van der Waals surface area contributed by atoms with E-state index in [1.54, 1.807) is 21.3 Å². The Morgan fingerprint density at radius 2 is 1.65 bits per heavy atom. The molecule has 0 unspecified atom stereocenters. The van der Waals surface area contributed by atoms with E-state index in [0.717, 1.165) is 51.2 Å². The summed E-state index contributed by atoms with van der Waals surface area (Å²) >= 11 is 0. The van der Waals surface area contributed by atoms with Crippen LogP contribution in [0.15, 0.2) is 36.4 Å². The predicted molar refractivity (Wildman–Crippen MR) is 130 cm³/mol. The monoisotopic (exact) mass is 519 g/mol. The molecule has 0 amide bonds. The minimum absolute atomic E-state index is 0.147. The molecule has 1 aliphatic heterocycles. The fourth-order valence-electron chi connectivity index (χ4n) is 4.67. The van der Waals surface area contributed by atoms with E-state index in [-0.39, 0.29) is 11.8 Å². The molecule has 1 aliphatic rings. The number of nitrogens with zero attached hydrogens (tertiary/aromatic N) is 1. The molecule has 198 valence electrons. The van der Waals surface area contributed by atoms with E-state index in [9.17, 15) is 18.3 Å². The number of carboxylic acid groups (broad SMARTS) is 1. The van der Waals surface area contributed by atoms with Gasteiger partial charge in [0.15, 0.2) is 17.5 Å². The third-order valence-corrected chi connectivity index (χ3v) is 6.18. The summed E-state index contributed by atoms with van der Waals surface area (Å²) in [6.45, 7) is 6.25. The molecule has 7 nitrogen and oxygen atoms in total. The molecule has 37 heavy (non-hydrogen) atoms. The van der Waals surface area contributed by atoms with Gasteiger partial charge >= 0.3 is 6.18 Å². The summed E-state index contributed by atoms with van der Waals surface area (Å²) in [6.07, 6.45) is -4.39. The summed E-state index contributed by atoms with van der Waals surface area (Å²) in [6, 6.07) is 12.2. The van der Waals surface area contributed by atoms with E-state index in [1.165, 1.54) is 5.56 Å². The number of aliphatic carboxylic acids is 1. The molecule has 10 heteroatoms. The highest BCUT2D eigenvalue weighted by Crippen LogP contribution is 2.43. The van der Waals surface area contributed by atoms with Gasteiger partial charge in [-0.3, -0.25) is 0 Å². The van der Waals surface area contributed by atoms with Crippen molar-refractivity contribution in [1.29, 1.82) is 0 Å². The summed E-state index contributed by atoms with van der Waals surface area (Å²) in [7, 11) is 4.97. The van der Waals surface area contributed by atoms with Crippen LogP contribution >= 0.6 is 0 Å². The molecule has 0 spiro atoms. The second kappa shape index (κ2) is 10.6. The van der Waals surface area contributed by atoms with Crippen molar-refractivity contribution in [3.63, 3.8) is 0 Å². The highest BCUT2D eigenvalue weighted by atomic mass is 19.4. The van der Waals surface area contributed by atoms with Crippen molar-refractivity contribution in [3.8, 4) is 23.0 Å². The van der Waals surface area contributed by atoms with Crippen LogP contribution in [-0.4, -0.2) is 54.9 Å². The predicted octanol–water partition coefficient (Wildman–Crippen LogP) is 4.28. The average Bonchev–Trinajstić information content (AvgIpc) is 2.83. The average molecular weight is 520 g/mol. The summed E-state index contributed by atoms with van der Waals surface area (Å²) in [5, 5.41) is 21.8. The van der Waals surface area contributed by atoms with Crippen molar-refractivity contribution >= 4 is 28.1 Å². The molecule has 3 aromatic rings. The van der Waals surface area contributed by atoms with Gasteiger partial charge in [0.1, 0.15) is 23.2 Å². The topological polar surface area (TPSA) is 91.1 Å². The second-order valence-electron chi connectivity index (χ2n) is 8.66. The van der Waals surface area contributed by atoms with Crippen LogP contribution in [-0.2, 0) is 11.2 Å². The lowest BCUT2D eigenvalue weighted by Crippen LogP contribution is -2.37. The molecule has 0 aromatic heterocycles. The Labute approximate surface area is 212 Å². The molecular weight excluding hydrogens is 491 g/mol. The summed E-state index contributed by atoms with van der Waals surface area (Å²) < 4.78 is 50.5. The highest BCUT2D eigenvalue weighted by molar-refractivity contribution is 6.02. The smallest absolute Gasteiger partial charge is 0.430 e. The van der Waals surface area contributed by atoms with Gasteiger partial charge in [0.25, 0.3) is 0 Å². The molecule has 1 N–H and O–H groups in total. The van der Waals surface area contributed by atoms with E-state index < -0.39 is 12.1 Å². The number of alkyl halides is 3. The largest absolute Gasteiger partial charge is 0.542 e. The van der Waals surface area contributed by atoms with Gasteiger partial charge in [-0.05, 0) is 48.6 Å². The van der Waals surface area contributed by atoms with Crippen LogP contribution in [0, 0.1) is 6.92 Å². The maximum atomic E-state index is 11.3. The number of rotatable bonds is 4. The van der Waals surface area contributed by atoms with Gasteiger partial charge in [-0.2, -0.15) is 17.7 Å². The number of aryl methyl sites for hydroxylation is 1. The van der Waals surface area contributed by atoms with Crippen LogP contribution in [0.2, 0.25) is 0 Å². The lowest BCUT2D eigenvalue weighted by molar-refractivity contribution is -0.482. The van der Waals surface area contributed by atoms with Crippen LogP contribution in [0.5, 0.6) is 23.0 Å². The fourth-order valence-corrected chi connectivity index (χ4v) is 4.67. The maximum Gasteiger partial charge on any atom is 0.430 e. The first-order valence-corrected chi connectivity index (χ1v) is 11.3. The molecule has 0 saturated carbocycles. The van der Waals surface area contributed by atoms with Crippen LogP contribution in [0.1, 0.15) is 30.5 Å². The molecule has 1 atom stereocenters. The molecule has 0 fully saturated rings. The molecule has 0 bridgehead atoms. The molecule has 3 aromatic carbocycles. The highest BCUT2D eigenvalue weighted by Gasteiger charge is 2.35. The first-order chi connectivity index (χ1) is 17.3. The van der Waals surface area contributed by atoms with Gasteiger partial charge in [0.2, 0.25) is 5.69 Å². The van der Waals surface area contributed by atoms with Gasteiger partial charge in [-0.25, -0.2) is 0 Å². The van der Waals surface area contributed by atoms with Gasteiger partial charge in [0.05, 0.1) is 32.3 Å². The fraction of sp³-hybridized carbons (Fsp3) is 0.333. The number of phenols is 1. The van der Waals surface area contributed by atoms with Crippen molar-refractivity contribution < 1.29 is 47.0 Å². The first-order valence-electron chi connectivity index (χ1n) is 11.3. The molecule has 0 saturated heterocycles. The van der Waals surface area contributed by atoms with Crippen LogP contribution in [0.4, 0.5) is 18.9 Å². The number of methoxy groups -OCH3 is 3. The van der Waals surface area contributed by atoms with Gasteiger partial charge in [0, 0.05) is 25.5 Å². The van der Waals surface area contributed by atoms with Gasteiger partial charge < -0.3 is 29.2 Å². The van der Waals surface area contributed by atoms with E-state index in [0.29, 0.717) is 5.75 Å². The van der Waals surface area contributed by atoms with Crippen molar-refractivity contribution in [3.05, 3.63) is 53.1 Å². The lowest BCUT2D eigenvalue weighted by atomic mass is 9.91. The Kier molecular flexibility index (Phi) is 7.90. The second-order valence-corrected chi connectivity index (χ2v) is 8.66. The number of benzene rings is 3. The van der Waals surface area contributed by atoms with Crippen LogP contribution in [0.3, 0.4) is 0 Å². The van der Waals surface area contributed by atoms with Crippen LogP contribution in [0.25, 0.3) is 10.8 Å². The van der Waals surface area contributed by atoms with Gasteiger partial charge in [-0.15, -0.1) is 0 Å². The molecule has 0 aliphatic carbocycles. The lowest BCUT2D eigenvalue weighted by Gasteiger charge is -2.24. The number of hydrogen-bond donors (Lipinski definition) is 1. The quantitative estimate of drug-likeness (QED) is 0.518. The van der Waals surface area contributed by atoms with Crippen molar-refractivity contribution in [2.75, 3.05) is 21.3 Å². The minimum Gasteiger partial charge on any atom is -0.542 e. The number of carbonyl (C=O) groups is 1. The van der Waals surface area contributed by atoms with E-state index in [4.69, 9.17) is 24.1 Å². The van der Waals surface area contributed by atoms with Crippen molar-refractivity contribution in [1.82, 2.24) is 0 Å². The third-order valence-electron chi connectivity index (χ3n) is 6.18. The van der Waals surface area contributed by atoms with Crippen molar-refractivity contribution in [2.24, 2.45) is 0 Å². The maximum absolute atomic E-state index is 11.3. The van der Waals surface area contributed by atoms with Gasteiger partial charge in [-0.1, -0.05) is 6.07 Å². The van der Waals surface area contributed by atoms with E-state index >= 15 is 0 Å². The Bertz CT molecular complexity index is 1380. The number of hydrogen-bond acceptors (Lipinski definition) is 6. The summed E-state index contributed by atoms with van der Waals surface area (Å²) in [4.78, 5) is 8.78. The number of fused-ring (bicyclic) bond motifs is 2. The normalized spacial score (nSPS) is 15.0. The molecule has 1 heterocycles. The SMILES string of the molecule is COc1cc2c(c(OC)c1)C(C)=[N+](c1ccc3cc(C)cc(OC)c3c1O)[C@@H](C)C2.O=C([O-])C(F)(F)F. The minimum atomic E-state index is -5.19. The summed E-state index contributed by atoms with van der Waals surface area (Å²) in [5.41, 5.74) is 5.11. The first kappa shape index (κ1) is 27.6. The van der Waals surface area contributed by atoms with E-state index in [2.05, 4.69) is 30.6 Å². The molecule has 0 radical (unpaired) electrons. The third kappa shape index (κ3) is 5.42.